The molecule has 0 saturated carbocycles. The maximum atomic E-state index is 8.69. The van der Waals surface area contributed by atoms with E-state index in [2.05, 4.69) is 43.3 Å². The van der Waals surface area contributed by atoms with Crippen molar-refractivity contribution in [1.29, 1.82) is 5.26 Å². The molecule has 3 aromatic heterocycles. The number of aromatic amines is 1. The van der Waals surface area contributed by atoms with E-state index >= 15 is 0 Å². The standard InChI is InChI=1S/C21H17N7/c1-28-14-15(11-26-28)6-7-18-12-24-21-20(27-18)19(13-25-21)16-4-2-5-17(10-16)23-9-3-8-22/h2,4-5,10-14,23H,3,9H2,1H3,(H,24,25). The van der Waals surface area contributed by atoms with Gasteiger partial charge < -0.3 is 10.3 Å². The third-order valence-electron chi connectivity index (χ3n) is 4.16. The Hall–Kier alpha value is -4.10. The minimum Gasteiger partial charge on any atom is -0.384 e. The molecule has 0 fully saturated rings. The number of aromatic nitrogens is 5. The summed E-state index contributed by atoms with van der Waals surface area (Å²) in [7, 11) is 1.85. The Morgan fingerprint density at radius 3 is 3.00 bits per heavy atom. The number of nitrogens with one attached hydrogen (secondary N) is 2. The Morgan fingerprint density at radius 1 is 1.25 bits per heavy atom. The summed E-state index contributed by atoms with van der Waals surface area (Å²) in [5.74, 6) is 6.10. The summed E-state index contributed by atoms with van der Waals surface area (Å²) in [5, 5.41) is 16.0. The fourth-order valence-electron chi connectivity index (χ4n) is 2.85. The van der Waals surface area contributed by atoms with Gasteiger partial charge in [0.05, 0.1) is 30.4 Å². The number of nitriles is 1. The average Bonchev–Trinajstić information content (AvgIpc) is 3.32. The molecule has 4 rings (SSSR count). The highest BCUT2D eigenvalue weighted by Crippen LogP contribution is 2.28. The number of aryl methyl sites for hydroxylation is 1. The number of rotatable bonds is 4. The Bertz CT molecular complexity index is 1230. The van der Waals surface area contributed by atoms with Crippen molar-refractivity contribution in [2.75, 3.05) is 11.9 Å². The highest BCUT2D eigenvalue weighted by atomic mass is 15.2. The molecule has 136 valence electrons. The summed E-state index contributed by atoms with van der Waals surface area (Å²) in [5.41, 5.74) is 5.84. The van der Waals surface area contributed by atoms with Gasteiger partial charge in [-0.05, 0) is 23.6 Å². The monoisotopic (exact) mass is 367 g/mol. The zero-order valence-corrected chi connectivity index (χ0v) is 15.3. The largest absolute Gasteiger partial charge is 0.384 e. The van der Waals surface area contributed by atoms with Gasteiger partial charge in [-0.2, -0.15) is 10.4 Å². The van der Waals surface area contributed by atoms with Crippen LogP contribution in [-0.2, 0) is 7.05 Å². The quantitative estimate of drug-likeness (QED) is 0.427. The number of fused-ring (bicyclic) bond motifs is 1. The van der Waals surface area contributed by atoms with Crippen molar-refractivity contribution in [3.63, 3.8) is 0 Å². The van der Waals surface area contributed by atoms with Crippen molar-refractivity contribution in [2.24, 2.45) is 7.05 Å². The summed E-state index contributed by atoms with van der Waals surface area (Å²) in [6.45, 7) is 0.613. The molecule has 0 atom stereocenters. The van der Waals surface area contributed by atoms with Gasteiger partial charge in [-0.1, -0.05) is 18.1 Å². The summed E-state index contributed by atoms with van der Waals surface area (Å²) in [6.07, 6.45) is 7.59. The lowest BCUT2D eigenvalue weighted by Gasteiger charge is -2.06. The molecule has 7 nitrogen and oxygen atoms in total. The van der Waals surface area contributed by atoms with E-state index in [0.29, 0.717) is 24.3 Å². The highest BCUT2D eigenvalue weighted by Gasteiger charge is 2.10. The van der Waals surface area contributed by atoms with E-state index < -0.39 is 0 Å². The summed E-state index contributed by atoms with van der Waals surface area (Å²) in [6, 6.07) is 10.1. The van der Waals surface area contributed by atoms with Crippen molar-refractivity contribution >= 4 is 16.9 Å². The molecular formula is C21H17N7. The van der Waals surface area contributed by atoms with Crippen molar-refractivity contribution in [2.45, 2.75) is 6.42 Å². The average molecular weight is 367 g/mol. The van der Waals surface area contributed by atoms with Gasteiger partial charge in [0.25, 0.3) is 0 Å². The molecule has 0 saturated heterocycles. The van der Waals surface area contributed by atoms with Crippen LogP contribution in [0.2, 0.25) is 0 Å². The second-order valence-corrected chi connectivity index (χ2v) is 6.22. The smallest absolute Gasteiger partial charge is 0.156 e. The van der Waals surface area contributed by atoms with Gasteiger partial charge in [0, 0.05) is 37.2 Å². The SMILES string of the molecule is Cn1cc(C#Cc2cnc3[nH]cc(-c4cccc(NCCC#N)c4)c3n2)cn1. The second-order valence-electron chi connectivity index (χ2n) is 6.22. The number of H-pyrrole nitrogens is 1. The number of anilines is 1. The predicted octanol–water partition coefficient (Wildman–Crippen LogP) is 3.08. The van der Waals surface area contributed by atoms with Crippen LogP contribution in [-0.4, -0.2) is 31.3 Å². The Morgan fingerprint density at radius 2 is 2.18 bits per heavy atom. The Balaban J connectivity index is 1.66. The molecule has 0 amide bonds. The van der Waals surface area contributed by atoms with Crippen LogP contribution >= 0.6 is 0 Å². The highest BCUT2D eigenvalue weighted by molar-refractivity contribution is 5.91. The maximum absolute atomic E-state index is 8.69. The lowest BCUT2D eigenvalue weighted by molar-refractivity contribution is 0.767. The van der Waals surface area contributed by atoms with Gasteiger partial charge in [-0.25, -0.2) is 9.97 Å². The van der Waals surface area contributed by atoms with Crippen LogP contribution in [0.25, 0.3) is 22.3 Å². The fourth-order valence-corrected chi connectivity index (χ4v) is 2.85. The molecule has 0 aliphatic carbocycles. The number of nitrogens with zero attached hydrogens (tertiary/aromatic N) is 5. The van der Waals surface area contributed by atoms with E-state index in [9.17, 15) is 0 Å². The van der Waals surface area contributed by atoms with E-state index in [1.165, 1.54) is 0 Å². The molecule has 4 aromatic rings. The van der Waals surface area contributed by atoms with Crippen LogP contribution in [0, 0.1) is 23.2 Å². The Labute approximate surface area is 162 Å². The van der Waals surface area contributed by atoms with Crippen LogP contribution < -0.4 is 5.32 Å². The van der Waals surface area contributed by atoms with Crippen LogP contribution in [0.4, 0.5) is 5.69 Å². The molecular weight excluding hydrogens is 350 g/mol. The number of hydrogen-bond acceptors (Lipinski definition) is 5. The van der Waals surface area contributed by atoms with Gasteiger partial charge >= 0.3 is 0 Å². The van der Waals surface area contributed by atoms with Crippen LogP contribution in [0.15, 0.2) is 49.1 Å². The van der Waals surface area contributed by atoms with E-state index in [-0.39, 0.29) is 0 Å². The first-order chi connectivity index (χ1) is 13.7. The van der Waals surface area contributed by atoms with Gasteiger partial charge in [-0.15, -0.1) is 0 Å². The van der Waals surface area contributed by atoms with Crippen LogP contribution in [0.5, 0.6) is 0 Å². The fraction of sp³-hybridized carbons (Fsp3) is 0.143. The molecule has 0 radical (unpaired) electrons. The maximum Gasteiger partial charge on any atom is 0.156 e. The minimum absolute atomic E-state index is 0.460. The second kappa shape index (κ2) is 7.65. The molecule has 0 aliphatic rings. The molecule has 1 aromatic carbocycles. The van der Waals surface area contributed by atoms with E-state index in [1.54, 1.807) is 17.1 Å². The first-order valence-electron chi connectivity index (χ1n) is 8.79. The van der Waals surface area contributed by atoms with Gasteiger partial charge in [-0.3, -0.25) is 4.68 Å². The minimum atomic E-state index is 0.460. The van der Waals surface area contributed by atoms with E-state index in [1.807, 2.05) is 43.7 Å². The Kier molecular flexibility index (Phi) is 4.73. The summed E-state index contributed by atoms with van der Waals surface area (Å²) >= 11 is 0. The zero-order valence-electron chi connectivity index (χ0n) is 15.3. The van der Waals surface area contributed by atoms with Gasteiger partial charge in [0.15, 0.2) is 5.65 Å². The van der Waals surface area contributed by atoms with E-state index in [0.717, 1.165) is 27.9 Å². The van der Waals surface area contributed by atoms with Crippen molar-refractivity contribution in [3.8, 4) is 29.0 Å². The van der Waals surface area contributed by atoms with Crippen LogP contribution in [0.3, 0.4) is 0 Å². The van der Waals surface area contributed by atoms with Gasteiger partial charge in [0.1, 0.15) is 11.2 Å². The zero-order chi connectivity index (χ0) is 19.3. The first kappa shape index (κ1) is 17.3. The number of hydrogen-bond donors (Lipinski definition) is 2. The van der Waals surface area contributed by atoms with Crippen molar-refractivity contribution in [1.82, 2.24) is 24.7 Å². The lowest BCUT2D eigenvalue weighted by atomic mass is 10.1. The normalized spacial score (nSPS) is 10.3. The van der Waals surface area contributed by atoms with E-state index in [4.69, 9.17) is 5.26 Å². The van der Waals surface area contributed by atoms with Crippen molar-refractivity contribution in [3.05, 3.63) is 60.3 Å². The molecule has 0 unspecified atom stereocenters. The molecule has 7 heteroatoms. The third kappa shape index (κ3) is 3.69. The third-order valence-corrected chi connectivity index (χ3v) is 4.16. The number of benzene rings is 1. The molecule has 2 N–H and O–H groups in total. The van der Waals surface area contributed by atoms with Crippen molar-refractivity contribution < 1.29 is 0 Å². The molecule has 28 heavy (non-hydrogen) atoms. The first-order valence-corrected chi connectivity index (χ1v) is 8.79. The molecule has 0 bridgehead atoms. The lowest BCUT2D eigenvalue weighted by Crippen LogP contribution is -1.99. The summed E-state index contributed by atoms with van der Waals surface area (Å²) < 4.78 is 1.71. The molecule has 0 aliphatic heterocycles. The summed E-state index contributed by atoms with van der Waals surface area (Å²) in [4.78, 5) is 12.3. The topological polar surface area (TPSA) is 95.2 Å². The van der Waals surface area contributed by atoms with Gasteiger partial charge in [0.2, 0.25) is 0 Å². The molecule has 0 spiro atoms. The van der Waals surface area contributed by atoms with Crippen LogP contribution in [0.1, 0.15) is 17.7 Å². The predicted molar refractivity (Wildman–Crippen MR) is 107 cm³/mol. The molecule has 3 heterocycles.